The molecule has 2 aliphatic rings. The van der Waals surface area contributed by atoms with Gasteiger partial charge < -0.3 is 10.2 Å². The van der Waals surface area contributed by atoms with Crippen LogP contribution in [0, 0.1) is 12.8 Å². The van der Waals surface area contributed by atoms with Gasteiger partial charge in [0.25, 0.3) is 0 Å². The summed E-state index contributed by atoms with van der Waals surface area (Å²) in [5.41, 5.74) is 1.82. The third-order valence-corrected chi connectivity index (χ3v) is 4.77. The molecule has 2 aliphatic heterocycles. The van der Waals surface area contributed by atoms with E-state index in [-0.39, 0.29) is 6.03 Å². The number of para-hydroxylation sites is 1. The van der Waals surface area contributed by atoms with Crippen molar-refractivity contribution in [2.45, 2.75) is 19.4 Å². The number of benzene rings is 1. The van der Waals surface area contributed by atoms with Crippen LogP contribution in [0.3, 0.4) is 0 Å². The smallest absolute Gasteiger partial charge is 0.320 e. The number of nitrogens with one attached hydrogen (secondary N) is 2. The maximum atomic E-state index is 12.7. The van der Waals surface area contributed by atoms with Crippen LogP contribution in [0.5, 0.6) is 0 Å². The minimum Gasteiger partial charge on any atom is -0.320 e. The highest BCUT2D eigenvalue weighted by molar-refractivity contribution is 5.89. The van der Waals surface area contributed by atoms with Gasteiger partial charge in [-0.15, -0.1) is 0 Å². The molecule has 2 N–H and O–H groups in total. The van der Waals surface area contributed by atoms with E-state index in [1.54, 1.807) is 4.68 Å². The Bertz CT molecular complexity index is 711. The van der Waals surface area contributed by atoms with Crippen molar-refractivity contribution in [3.8, 4) is 5.69 Å². The third-order valence-electron chi connectivity index (χ3n) is 4.77. The minimum atomic E-state index is -0.0294. The van der Waals surface area contributed by atoms with E-state index in [4.69, 9.17) is 0 Å². The minimum absolute atomic E-state index is 0.0294. The van der Waals surface area contributed by atoms with Gasteiger partial charge in [-0.3, -0.25) is 5.32 Å². The van der Waals surface area contributed by atoms with Crippen molar-refractivity contribution in [3.05, 3.63) is 42.1 Å². The largest absolute Gasteiger partial charge is 0.323 e. The van der Waals surface area contributed by atoms with Gasteiger partial charge in [-0.1, -0.05) is 18.2 Å². The number of carbonyl (C=O) groups excluding carboxylic acids is 1. The quantitative estimate of drug-likeness (QED) is 0.892. The molecule has 2 amide bonds. The number of likely N-dealkylation sites (tertiary alicyclic amines) is 1. The molecule has 0 radical (unpaired) electrons. The summed E-state index contributed by atoms with van der Waals surface area (Å²) in [6.07, 6.45) is 1.09. The molecule has 23 heavy (non-hydrogen) atoms. The molecule has 0 saturated carbocycles. The van der Waals surface area contributed by atoms with Crippen molar-refractivity contribution in [3.63, 3.8) is 0 Å². The predicted octanol–water partition coefficient (Wildman–Crippen LogP) is 2.01. The fourth-order valence-corrected chi connectivity index (χ4v) is 3.64. The molecule has 2 atom stereocenters. The molecule has 2 fully saturated rings. The van der Waals surface area contributed by atoms with Crippen molar-refractivity contribution in [2.24, 2.45) is 5.92 Å². The summed E-state index contributed by atoms with van der Waals surface area (Å²) in [6, 6.07) is 12.1. The van der Waals surface area contributed by atoms with E-state index >= 15 is 0 Å². The molecular formula is C17H21N5O. The number of fused-ring (bicyclic) bond motifs is 1. The first-order valence-electron chi connectivity index (χ1n) is 8.13. The highest BCUT2D eigenvalue weighted by Gasteiger charge is 2.40. The van der Waals surface area contributed by atoms with Gasteiger partial charge in [0.15, 0.2) is 0 Å². The second-order valence-electron chi connectivity index (χ2n) is 6.32. The summed E-state index contributed by atoms with van der Waals surface area (Å²) in [6.45, 7) is 4.69. The van der Waals surface area contributed by atoms with E-state index in [2.05, 4.69) is 15.7 Å². The highest BCUT2D eigenvalue weighted by Crippen LogP contribution is 2.28. The molecule has 0 bridgehead atoms. The molecule has 3 heterocycles. The summed E-state index contributed by atoms with van der Waals surface area (Å²) in [4.78, 5) is 14.7. The number of rotatable bonds is 2. The molecule has 0 aliphatic carbocycles. The first-order valence-corrected chi connectivity index (χ1v) is 8.13. The zero-order valence-electron chi connectivity index (χ0n) is 13.2. The van der Waals surface area contributed by atoms with Gasteiger partial charge in [0.2, 0.25) is 0 Å². The number of urea groups is 1. The molecule has 1 aromatic heterocycles. The monoisotopic (exact) mass is 311 g/mol. The van der Waals surface area contributed by atoms with Crippen molar-refractivity contribution >= 4 is 11.8 Å². The van der Waals surface area contributed by atoms with E-state index in [9.17, 15) is 4.79 Å². The second kappa shape index (κ2) is 5.70. The Morgan fingerprint density at radius 2 is 2.13 bits per heavy atom. The van der Waals surface area contributed by atoms with Gasteiger partial charge in [-0.25, -0.2) is 9.48 Å². The fourth-order valence-electron chi connectivity index (χ4n) is 3.64. The van der Waals surface area contributed by atoms with Crippen molar-refractivity contribution in [1.82, 2.24) is 20.0 Å². The zero-order chi connectivity index (χ0) is 15.8. The van der Waals surface area contributed by atoms with Gasteiger partial charge in [-0.05, 0) is 31.4 Å². The molecule has 4 rings (SSSR count). The first-order chi connectivity index (χ1) is 11.2. The van der Waals surface area contributed by atoms with E-state index in [0.717, 1.165) is 37.4 Å². The molecule has 0 spiro atoms. The first kappa shape index (κ1) is 14.3. The molecule has 6 nitrogen and oxygen atoms in total. The summed E-state index contributed by atoms with van der Waals surface area (Å²) < 4.78 is 1.79. The van der Waals surface area contributed by atoms with Crippen LogP contribution >= 0.6 is 0 Å². The van der Waals surface area contributed by atoms with Crippen molar-refractivity contribution < 1.29 is 4.79 Å². The van der Waals surface area contributed by atoms with E-state index in [1.165, 1.54) is 0 Å². The fraction of sp³-hybridized carbons (Fsp3) is 0.412. The van der Waals surface area contributed by atoms with E-state index < -0.39 is 0 Å². The second-order valence-corrected chi connectivity index (χ2v) is 6.32. The SMILES string of the molecule is Cc1cc(NC(=O)N2CC[C@@H]3CNC[C@@H]32)n(-c2ccccc2)n1. The summed E-state index contributed by atoms with van der Waals surface area (Å²) in [5.74, 6) is 1.31. The molecule has 0 unspecified atom stereocenters. The number of hydrogen-bond acceptors (Lipinski definition) is 3. The van der Waals surface area contributed by atoms with Gasteiger partial charge >= 0.3 is 6.03 Å². The number of nitrogens with zero attached hydrogens (tertiary/aromatic N) is 3. The molecular weight excluding hydrogens is 290 g/mol. The van der Waals surface area contributed by atoms with Crippen LogP contribution in [0.4, 0.5) is 10.6 Å². The lowest BCUT2D eigenvalue weighted by Crippen LogP contribution is -2.41. The molecule has 2 saturated heterocycles. The lowest BCUT2D eigenvalue weighted by molar-refractivity contribution is 0.206. The maximum absolute atomic E-state index is 12.7. The zero-order valence-corrected chi connectivity index (χ0v) is 13.2. The van der Waals surface area contributed by atoms with E-state index in [0.29, 0.717) is 17.8 Å². The lowest BCUT2D eigenvalue weighted by atomic mass is 10.1. The Balaban J connectivity index is 1.56. The standard InChI is InChI=1S/C17H21N5O/c1-12-9-16(22(20-12)14-5-3-2-4-6-14)19-17(23)21-8-7-13-10-18-11-15(13)21/h2-6,9,13,15,18H,7-8,10-11H2,1H3,(H,19,23)/t13-,15+/m1/s1. The molecule has 1 aromatic carbocycles. The molecule has 6 heteroatoms. The normalized spacial score (nSPS) is 23.1. The predicted molar refractivity (Wildman–Crippen MR) is 88.8 cm³/mol. The summed E-state index contributed by atoms with van der Waals surface area (Å²) in [5, 5.41) is 10.9. The number of amides is 2. The average molecular weight is 311 g/mol. The number of anilines is 1. The lowest BCUT2D eigenvalue weighted by Gasteiger charge is -2.23. The molecule has 120 valence electrons. The van der Waals surface area contributed by atoms with Crippen molar-refractivity contribution in [1.29, 1.82) is 0 Å². The average Bonchev–Trinajstić information content (AvgIpc) is 3.23. The number of hydrogen-bond donors (Lipinski definition) is 2. The number of aryl methyl sites for hydroxylation is 1. The third kappa shape index (κ3) is 2.59. The molecule has 2 aromatic rings. The van der Waals surface area contributed by atoms with E-state index in [1.807, 2.05) is 48.2 Å². The van der Waals surface area contributed by atoms with Gasteiger partial charge in [0.05, 0.1) is 11.4 Å². The number of carbonyl (C=O) groups is 1. The van der Waals surface area contributed by atoms with Crippen LogP contribution in [0.15, 0.2) is 36.4 Å². The Labute approximate surface area is 135 Å². The van der Waals surface area contributed by atoms with Crippen LogP contribution in [0.2, 0.25) is 0 Å². The van der Waals surface area contributed by atoms with Crippen LogP contribution in [-0.4, -0.2) is 46.4 Å². The Morgan fingerprint density at radius 1 is 1.30 bits per heavy atom. The Morgan fingerprint density at radius 3 is 2.96 bits per heavy atom. The van der Waals surface area contributed by atoms with Gasteiger partial charge in [0, 0.05) is 31.7 Å². The van der Waals surface area contributed by atoms with Crippen LogP contribution in [0.25, 0.3) is 5.69 Å². The topological polar surface area (TPSA) is 62.2 Å². The summed E-state index contributed by atoms with van der Waals surface area (Å²) in [7, 11) is 0. The Hall–Kier alpha value is -2.34. The highest BCUT2D eigenvalue weighted by atomic mass is 16.2. The summed E-state index contributed by atoms with van der Waals surface area (Å²) >= 11 is 0. The number of aromatic nitrogens is 2. The maximum Gasteiger partial charge on any atom is 0.323 e. The van der Waals surface area contributed by atoms with Gasteiger partial charge in [-0.2, -0.15) is 5.10 Å². The Kier molecular flexibility index (Phi) is 3.53. The van der Waals surface area contributed by atoms with Gasteiger partial charge in [0.1, 0.15) is 5.82 Å². The van der Waals surface area contributed by atoms with Crippen LogP contribution < -0.4 is 10.6 Å². The van der Waals surface area contributed by atoms with Crippen molar-refractivity contribution in [2.75, 3.05) is 25.0 Å². The van der Waals surface area contributed by atoms with Crippen LogP contribution in [0.1, 0.15) is 12.1 Å². The van der Waals surface area contributed by atoms with Crippen LogP contribution in [-0.2, 0) is 0 Å².